The molecule has 0 saturated heterocycles. The lowest BCUT2D eigenvalue weighted by Gasteiger charge is -2.01. The van der Waals surface area contributed by atoms with Gasteiger partial charge in [0.05, 0.1) is 6.20 Å². The maximum atomic E-state index is 11.2. The van der Waals surface area contributed by atoms with Crippen molar-refractivity contribution in [2.45, 2.75) is 12.8 Å². The highest BCUT2D eigenvalue weighted by Crippen LogP contribution is 2.08. The number of carbonyl (C=O) groups is 1. The number of aromatic nitrogens is 1. The summed E-state index contributed by atoms with van der Waals surface area (Å²) in [5.41, 5.74) is 1.64. The van der Waals surface area contributed by atoms with Crippen LogP contribution < -0.4 is 0 Å². The molecule has 0 saturated carbocycles. The van der Waals surface area contributed by atoms with Crippen molar-refractivity contribution in [3.8, 4) is 0 Å². The number of carbonyl (C=O) groups excluding carboxylic acids is 1. The standard InChI is InChI=1S/C13H13NO3/c15-9-12(16)11-4-1-10(2-5-11)3-6-13-14-7-8-17-13/h1-2,4-5,7-8,15H,3,6,9H2. The molecule has 0 bridgehead atoms. The maximum Gasteiger partial charge on any atom is 0.194 e. The van der Waals surface area contributed by atoms with Crippen LogP contribution in [0.2, 0.25) is 0 Å². The van der Waals surface area contributed by atoms with Crippen molar-refractivity contribution in [2.24, 2.45) is 0 Å². The van der Waals surface area contributed by atoms with Gasteiger partial charge in [-0.1, -0.05) is 24.3 Å². The van der Waals surface area contributed by atoms with Gasteiger partial charge in [0.1, 0.15) is 12.9 Å². The Kier molecular flexibility index (Phi) is 3.67. The van der Waals surface area contributed by atoms with Crippen molar-refractivity contribution in [1.29, 1.82) is 0 Å². The van der Waals surface area contributed by atoms with E-state index in [2.05, 4.69) is 4.98 Å². The highest BCUT2D eigenvalue weighted by Gasteiger charge is 2.04. The number of aryl methyl sites for hydroxylation is 2. The van der Waals surface area contributed by atoms with E-state index in [-0.39, 0.29) is 5.78 Å². The SMILES string of the molecule is O=C(CO)c1ccc(CCc2ncco2)cc1. The zero-order chi connectivity index (χ0) is 12.1. The van der Waals surface area contributed by atoms with Crippen molar-refractivity contribution in [1.82, 2.24) is 4.98 Å². The lowest BCUT2D eigenvalue weighted by molar-refractivity contribution is 0.0903. The number of ketones is 1. The Bertz CT molecular complexity index is 474. The van der Waals surface area contributed by atoms with E-state index < -0.39 is 6.61 Å². The fourth-order valence-corrected chi connectivity index (χ4v) is 1.58. The van der Waals surface area contributed by atoms with Crippen LogP contribution in [0.3, 0.4) is 0 Å². The molecule has 0 radical (unpaired) electrons. The third-order valence-electron chi connectivity index (χ3n) is 2.53. The first-order valence-corrected chi connectivity index (χ1v) is 5.41. The van der Waals surface area contributed by atoms with Crippen molar-refractivity contribution >= 4 is 5.78 Å². The molecule has 4 nitrogen and oxygen atoms in total. The first kappa shape index (κ1) is 11.5. The number of rotatable bonds is 5. The van der Waals surface area contributed by atoms with Gasteiger partial charge in [-0.2, -0.15) is 0 Å². The van der Waals surface area contributed by atoms with Gasteiger partial charge in [-0.25, -0.2) is 4.98 Å². The lowest BCUT2D eigenvalue weighted by Crippen LogP contribution is -2.04. The summed E-state index contributed by atoms with van der Waals surface area (Å²) in [5, 5.41) is 8.72. The molecule has 0 fully saturated rings. The molecule has 4 heteroatoms. The molecule has 0 atom stereocenters. The van der Waals surface area contributed by atoms with Crippen LogP contribution in [-0.4, -0.2) is 22.5 Å². The number of aliphatic hydroxyl groups excluding tert-OH is 1. The highest BCUT2D eigenvalue weighted by atomic mass is 16.3. The second kappa shape index (κ2) is 5.41. The molecule has 1 heterocycles. The van der Waals surface area contributed by atoms with Gasteiger partial charge in [0, 0.05) is 12.0 Å². The van der Waals surface area contributed by atoms with Crippen molar-refractivity contribution in [2.75, 3.05) is 6.61 Å². The van der Waals surface area contributed by atoms with E-state index in [1.165, 1.54) is 0 Å². The molecule has 0 unspecified atom stereocenters. The second-order valence-electron chi connectivity index (χ2n) is 3.70. The Morgan fingerprint density at radius 3 is 2.59 bits per heavy atom. The van der Waals surface area contributed by atoms with Gasteiger partial charge in [0.15, 0.2) is 11.7 Å². The molecule has 1 aromatic heterocycles. The minimum absolute atomic E-state index is 0.260. The predicted octanol–water partition coefficient (Wildman–Crippen LogP) is 1.63. The number of hydrogen-bond acceptors (Lipinski definition) is 4. The Labute approximate surface area is 98.9 Å². The molecule has 1 N–H and O–H groups in total. The largest absolute Gasteiger partial charge is 0.449 e. The maximum absolute atomic E-state index is 11.2. The summed E-state index contributed by atoms with van der Waals surface area (Å²) < 4.78 is 5.14. The molecule has 0 spiro atoms. The summed E-state index contributed by atoms with van der Waals surface area (Å²) in [7, 11) is 0. The molecular weight excluding hydrogens is 218 g/mol. The van der Waals surface area contributed by atoms with Crippen LogP contribution in [0.25, 0.3) is 0 Å². The van der Waals surface area contributed by atoms with Gasteiger partial charge < -0.3 is 9.52 Å². The Hall–Kier alpha value is -1.94. The number of oxazole rings is 1. The lowest BCUT2D eigenvalue weighted by atomic mass is 10.1. The van der Waals surface area contributed by atoms with Gasteiger partial charge in [0.25, 0.3) is 0 Å². The Morgan fingerprint density at radius 1 is 1.24 bits per heavy atom. The third-order valence-corrected chi connectivity index (χ3v) is 2.53. The topological polar surface area (TPSA) is 63.3 Å². The molecular formula is C13H13NO3. The Morgan fingerprint density at radius 2 is 2.00 bits per heavy atom. The Balaban J connectivity index is 1.96. The van der Waals surface area contributed by atoms with Crippen molar-refractivity contribution in [3.63, 3.8) is 0 Å². The molecule has 0 aliphatic carbocycles. The van der Waals surface area contributed by atoms with E-state index in [4.69, 9.17) is 9.52 Å². The quantitative estimate of drug-likeness (QED) is 0.794. The number of Topliss-reactive ketones (excluding diaryl/α,β-unsaturated/α-hetero) is 1. The van der Waals surface area contributed by atoms with Crippen LogP contribution >= 0.6 is 0 Å². The highest BCUT2D eigenvalue weighted by molar-refractivity contribution is 5.96. The first-order chi connectivity index (χ1) is 8.29. The number of nitrogens with zero attached hydrogens (tertiary/aromatic N) is 1. The summed E-state index contributed by atoms with van der Waals surface area (Å²) in [5.74, 6) is 0.449. The minimum atomic E-state index is -0.449. The molecule has 2 aromatic rings. The molecule has 0 aliphatic heterocycles. The van der Waals surface area contributed by atoms with Crippen molar-refractivity contribution in [3.05, 3.63) is 53.7 Å². The molecule has 0 aliphatic rings. The fraction of sp³-hybridized carbons (Fsp3) is 0.231. The predicted molar refractivity (Wildman–Crippen MR) is 61.8 cm³/mol. The summed E-state index contributed by atoms with van der Waals surface area (Å²) in [6, 6.07) is 7.21. The fourth-order valence-electron chi connectivity index (χ4n) is 1.58. The molecule has 17 heavy (non-hydrogen) atoms. The summed E-state index contributed by atoms with van der Waals surface area (Å²) in [4.78, 5) is 15.2. The van der Waals surface area contributed by atoms with E-state index in [0.29, 0.717) is 11.5 Å². The average molecular weight is 231 g/mol. The van der Waals surface area contributed by atoms with Crippen LogP contribution in [0.4, 0.5) is 0 Å². The molecule has 88 valence electrons. The van der Waals surface area contributed by atoms with E-state index >= 15 is 0 Å². The van der Waals surface area contributed by atoms with Crippen LogP contribution in [-0.2, 0) is 12.8 Å². The minimum Gasteiger partial charge on any atom is -0.449 e. The molecule has 0 amide bonds. The number of hydrogen-bond donors (Lipinski definition) is 1. The monoisotopic (exact) mass is 231 g/mol. The van der Waals surface area contributed by atoms with Crippen LogP contribution in [0.1, 0.15) is 21.8 Å². The average Bonchev–Trinajstić information content (AvgIpc) is 2.89. The number of benzene rings is 1. The summed E-state index contributed by atoms with van der Waals surface area (Å²) >= 11 is 0. The third kappa shape index (κ3) is 3.01. The van der Waals surface area contributed by atoms with Crippen LogP contribution in [0.5, 0.6) is 0 Å². The van der Waals surface area contributed by atoms with Crippen LogP contribution in [0.15, 0.2) is 41.1 Å². The van der Waals surface area contributed by atoms with E-state index in [1.807, 2.05) is 12.1 Å². The molecule has 1 aromatic carbocycles. The summed E-state index contributed by atoms with van der Waals surface area (Å²) in [6.45, 7) is -0.449. The van der Waals surface area contributed by atoms with E-state index in [0.717, 1.165) is 18.4 Å². The van der Waals surface area contributed by atoms with Crippen LogP contribution in [0, 0.1) is 0 Å². The summed E-state index contributed by atoms with van der Waals surface area (Å²) in [6.07, 6.45) is 4.73. The zero-order valence-corrected chi connectivity index (χ0v) is 9.30. The van der Waals surface area contributed by atoms with E-state index in [1.54, 1.807) is 24.6 Å². The van der Waals surface area contributed by atoms with Gasteiger partial charge in [-0.15, -0.1) is 0 Å². The van der Waals surface area contributed by atoms with Crippen molar-refractivity contribution < 1.29 is 14.3 Å². The zero-order valence-electron chi connectivity index (χ0n) is 9.30. The van der Waals surface area contributed by atoms with Gasteiger partial charge in [-0.05, 0) is 12.0 Å². The number of aliphatic hydroxyl groups is 1. The van der Waals surface area contributed by atoms with E-state index in [9.17, 15) is 4.79 Å². The first-order valence-electron chi connectivity index (χ1n) is 5.41. The van der Waals surface area contributed by atoms with Gasteiger partial charge in [-0.3, -0.25) is 4.79 Å². The normalized spacial score (nSPS) is 10.4. The smallest absolute Gasteiger partial charge is 0.194 e. The molecule has 2 rings (SSSR count). The second-order valence-corrected chi connectivity index (χ2v) is 3.70. The van der Waals surface area contributed by atoms with Gasteiger partial charge >= 0.3 is 0 Å². The van der Waals surface area contributed by atoms with Gasteiger partial charge in [0.2, 0.25) is 0 Å².